The molecule has 118 valence electrons. The highest BCUT2D eigenvalue weighted by molar-refractivity contribution is 9.10. The molecule has 0 unspecified atom stereocenters. The van der Waals surface area contributed by atoms with E-state index in [2.05, 4.69) is 31.0 Å². The fourth-order valence-electron chi connectivity index (χ4n) is 1.80. The van der Waals surface area contributed by atoms with E-state index in [0.29, 0.717) is 18.5 Å². The molecule has 0 atom stereocenters. The van der Waals surface area contributed by atoms with E-state index >= 15 is 0 Å². The van der Waals surface area contributed by atoms with E-state index in [-0.39, 0.29) is 27.6 Å². The van der Waals surface area contributed by atoms with Crippen molar-refractivity contribution in [2.24, 2.45) is 4.99 Å². The summed E-state index contributed by atoms with van der Waals surface area (Å²) in [6.45, 7) is 1.44. The predicted molar refractivity (Wildman–Crippen MR) is 88.8 cm³/mol. The van der Waals surface area contributed by atoms with E-state index < -0.39 is 15.8 Å². The Morgan fingerprint density at radius 3 is 2.76 bits per heavy atom. The minimum atomic E-state index is -3.59. The van der Waals surface area contributed by atoms with Gasteiger partial charge in [-0.25, -0.2) is 12.8 Å². The maximum absolute atomic E-state index is 14.0. The minimum Gasteiger partial charge on any atom is -0.372 e. The smallest absolute Gasteiger partial charge is 0.229 e. The van der Waals surface area contributed by atoms with Gasteiger partial charge in [0.05, 0.1) is 28.0 Å². The average Bonchev–Trinajstić information content (AvgIpc) is 2.83. The zero-order chi connectivity index (χ0) is 14.9. The van der Waals surface area contributed by atoms with Crippen LogP contribution in [0.1, 0.15) is 5.56 Å². The average molecular weight is 421 g/mol. The first kappa shape index (κ1) is 18.5. The molecule has 0 aromatic heterocycles. The number of sulfonamides is 1. The number of anilines is 1. The van der Waals surface area contributed by atoms with Gasteiger partial charge in [0.1, 0.15) is 11.7 Å². The van der Waals surface area contributed by atoms with Crippen molar-refractivity contribution >= 4 is 61.5 Å². The van der Waals surface area contributed by atoms with Crippen molar-refractivity contribution in [3.8, 4) is 0 Å². The Morgan fingerprint density at radius 1 is 1.57 bits per heavy atom. The van der Waals surface area contributed by atoms with Crippen LogP contribution in [0.3, 0.4) is 0 Å². The van der Waals surface area contributed by atoms with Gasteiger partial charge in [0.2, 0.25) is 10.0 Å². The van der Waals surface area contributed by atoms with Crippen molar-refractivity contribution in [2.45, 2.75) is 6.42 Å². The monoisotopic (exact) mass is 419 g/mol. The molecule has 0 spiro atoms. The summed E-state index contributed by atoms with van der Waals surface area (Å²) in [6.07, 6.45) is 1.31. The fraction of sp³-hybridized carbons (Fsp3) is 0.364. The van der Waals surface area contributed by atoms with Gasteiger partial charge in [-0.3, -0.25) is 9.71 Å². The lowest BCUT2D eigenvalue weighted by atomic mass is 10.1. The van der Waals surface area contributed by atoms with Crippen LogP contribution in [-0.2, 0) is 16.4 Å². The molecule has 0 saturated heterocycles. The Labute approximate surface area is 141 Å². The first-order chi connectivity index (χ1) is 9.28. The Kier molecular flexibility index (Phi) is 6.27. The van der Waals surface area contributed by atoms with E-state index in [4.69, 9.17) is 11.6 Å². The maximum Gasteiger partial charge on any atom is 0.229 e. The van der Waals surface area contributed by atoms with Crippen molar-refractivity contribution in [1.29, 1.82) is 0 Å². The molecule has 1 aliphatic heterocycles. The number of hydrogen-bond donors (Lipinski definition) is 2. The number of amidine groups is 1. The second kappa shape index (κ2) is 7.13. The first-order valence-corrected chi connectivity index (χ1v) is 8.75. The lowest BCUT2D eigenvalue weighted by Gasteiger charge is -2.13. The second-order valence-electron chi connectivity index (χ2n) is 4.33. The van der Waals surface area contributed by atoms with Crippen molar-refractivity contribution in [3.63, 3.8) is 0 Å². The highest BCUT2D eigenvalue weighted by Gasteiger charge is 2.19. The third-order valence-electron chi connectivity index (χ3n) is 2.62. The summed E-state index contributed by atoms with van der Waals surface area (Å²) in [6, 6.07) is 1.21. The summed E-state index contributed by atoms with van der Waals surface area (Å²) in [7, 11) is -3.59. The second-order valence-corrected chi connectivity index (χ2v) is 7.25. The zero-order valence-electron chi connectivity index (χ0n) is 10.9. The number of nitrogens with zero attached hydrogens (tertiary/aromatic N) is 1. The van der Waals surface area contributed by atoms with Crippen LogP contribution in [-0.4, -0.2) is 33.6 Å². The highest BCUT2D eigenvalue weighted by Crippen LogP contribution is 2.36. The van der Waals surface area contributed by atoms with Gasteiger partial charge in [-0.15, -0.1) is 12.4 Å². The first-order valence-electron chi connectivity index (χ1n) is 5.69. The maximum atomic E-state index is 14.0. The normalized spacial score (nSPS) is 14.2. The number of benzene rings is 1. The predicted octanol–water partition coefficient (Wildman–Crippen LogP) is 2.58. The van der Waals surface area contributed by atoms with Crippen molar-refractivity contribution in [3.05, 3.63) is 26.9 Å². The van der Waals surface area contributed by atoms with Crippen LogP contribution >= 0.6 is 39.9 Å². The number of nitrogens with one attached hydrogen (secondary N) is 2. The molecular weight excluding hydrogens is 408 g/mol. The fourth-order valence-corrected chi connectivity index (χ4v) is 3.26. The van der Waals surface area contributed by atoms with Crippen LogP contribution in [0.2, 0.25) is 5.02 Å². The van der Waals surface area contributed by atoms with E-state index in [1.165, 1.54) is 6.07 Å². The molecule has 0 aliphatic carbocycles. The molecule has 1 aromatic carbocycles. The number of hydrogen-bond acceptors (Lipinski definition) is 4. The van der Waals surface area contributed by atoms with E-state index in [9.17, 15) is 12.8 Å². The summed E-state index contributed by atoms with van der Waals surface area (Å²) in [5.41, 5.74) is 0.339. The van der Waals surface area contributed by atoms with Crippen molar-refractivity contribution in [2.75, 3.05) is 24.1 Å². The lowest BCUT2D eigenvalue weighted by Crippen LogP contribution is -2.21. The Morgan fingerprint density at radius 2 is 2.24 bits per heavy atom. The molecule has 5 nitrogen and oxygen atoms in total. The molecule has 1 heterocycles. The number of rotatable bonds is 4. The Balaban J connectivity index is 0.00000220. The largest absolute Gasteiger partial charge is 0.372 e. The SMILES string of the molecule is CS(=O)(=O)Nc1c(F)cc(CC2=NCCN2)c(Cl)c1Br.Cl. The minimum absolute atomic E-state index is 0. The molecule has 1 aromatic rings. The molecule has 0 fully saturated rings. The zero-order valence-corrected chi connectivity index (χ0v) is 14.9. The van der Waals surface area contributed by atoms with Crippen molar-refractivity contribution in [1.82, 2.24) is 5.32 Å². The van der Waals surface area contributed by atoms with Gasteiger partial charge in [0.25, 0.3) is 0 Å². The Hall–Kier alpha value is -0.570. The quantitative estimate of drug-likeness (QED) is 0.735. The summed E-state index contributed by atoms with van der Waals surface area (Å²) < 4.78 is 38.7. The summed E-state index contributed by atoms with van der Waals surface area (Å²) in [5.74, 6) is 0.0438. The third-order valence-corrected chi connectivity index (χ3v) is 4.65. The van der Waals surface area contributed by atoms with Crippen molar-refractivity contribution < 1.29 is 12.8 Å². The van der Waals surface area contributed by atoms with Crippen LogP contribution in [0, 0.1) is 5.82 Å². The summed E-state index contributed by atoms with van der Waals surface area (Å²) in [4.78, 5) is 4.21. The Bertz CT molecular complexity index is 683. The van der Waals surface area contributed by atoms with Gasteiger partial charge in [-0.05, 0) is 27.6 Å². The van der Waals surface area contributed by atoms with Crippen LogP contribution in [0.15, 0.2) is 15.5 Å². The van der Waals surface area contributed by atoms with Gasteiger partial charge in [0.15, 0.2) is 0 Å². The van der Waals surface area contributed by atoms with E-state index in [1.807, 2.05) is 0 Å². The summed E-state index contributed by atoms with van der Waals surface area (Å²) >= 11 is 9.27. The third kappa shape index (κ3) is 4.70. The lowest BCUT2D eigenvalue weighted by molar-refractivity contribution is 0.603. The highest BCUT2D eigenvalue weighted by atomic mass is 79.9. The molecule has 2 N–H and O–H groups in total. The topological polar surface area (TPSA) is 70.6 Å². The van der Waals surface area contributed by atoms with Crippen LogP contribution < -0.4 is 10.0 Å². The molecule has 21 heavy (non-hydrogen) atoms. The number of aliphatic imine (C=N–C) groups is 1. The number of halogens is 4. The summed E-state index contributed by atoms with van der Waals surface area (Å²) in [5, 5.41) is 3.32. The van der Waals surface area contributed by atoms with Gasteiger partial charge in [-0.1, -0.05) is 11.6 Å². The molecule has 10 heteroatoms. The van der Waals surface area contributed by atoms with Gasteiger partial charge >= 0.3 is 0 Å². The van der Waals surface area contributed by atoms with Gasteiger partial charge in [0, 0.05) is 13.0 Å². The van der Waals surface area contributed by atoms with Crippen LogP contribution in [0.5, 0.6) is 0 Å². The van der Waals surface area contributed by atoms with Gasteiger partial charge < -0.3 is 5.32 Å². The standard InChI is InChI=1S/C11H12BrClFN3O2S.ClH/c1-20(18,19)17-11-7(14)4-6(10(13)9(11)12)5-8-15-2-3-16-8;/h4,17H,2-3,5H2,1H3,(H,15,16);1H. The molecule has 0 radical (unpaired) electrons. The molecule has 0 bridgehead atoms. The van der Waals surface area contributed by atoms with E-state index in [1.54, 1.807) is 0 Å². The van der Waals surface area contributed by atoms with Crippen LogP contribution in [0.25, 0.3) is 0 Å². The molecule has 2 rings (SSSR count). The molecule has 0 saturated carbocycles. The molecule has 1 aliphatic rings. The van der Waals surface area contributed by atoms with Gasteiger partial charge in [-0.2, -0.15) is 0 Å². The molecule has 0 amide bonds. The van der Waals surface area contributed by atoms with E-state index in [0.717, 1.165) is 18.6 Å². The van der Waals surface area contributed by atoms with Crippen LogP contribution in [0.4, 0.5) is 10.1 Å². The molecular formula is C11H13BrCl2FN3O2S.